The zero-order valence-corrected chi connectivity index (χ0v) is 13.7. The van der Waals surface area contributed by atoms with Crippen molar-refractivity contribution in [1.29, 1.82) is 0 Å². The van der Waals surface area contributed by atoms with Crippen LogP contribution in [0.4, 0.5) is 0 Å². The van der Waals surface area contributed by atoms with Crippen molar-refractivity contribution in [3.05, 3.63) is 36.2 Å². The molecule has 2 aliphatic rings. The number of pyridine rings is 1. The molecule has 2 heterocycles. The van der Waals surface area contributed by atoms with E-state index in [-0.39, 0.29) is 18.3 Å². The van der Waals surface area contributed by atoms with Gasteiger partial charge in [-0.2, -0.15) is 0 Å². The molecule has 0 spiro atoms. The fraction of sp³-hybridized carbons (Fsp3) is 0.500. The molecule has 0 amide bonds. The first-order chi connectivity index (χ1) is 10.4. The lowest BCUT2D eigenvalue weighted by Crippen LogP contribution is -2.41. The maximum absolute atomic E-state index is 6.31. The first-order valence-electron chi connectivity index (χ1n) is 8.12. The molecule has 1 aromatic carbocycles. The molecule has 4 rings (SSSR count). The molecular weight excluding hydrogens is 273 g/mol. The SMILES string of the molecule is CC1(C)OB(c2c(C3CC3)ncc3ccccc23)OC1(C)C. The van der Waals surface area contributed by atoms with Gasteiger partial charge in [0.25, 0.3) is 0 Å². The molecule has 114 valence electrons. The molecule has 22 heavy (non-hydrogen) atoms. The normalized spacial score (nSPS) is 23.2. The van der Waals surface area contributed by atoms with Gasteiger partial charge in [-0.25, -0.2) is 0 Å². The third-order valence-electron chi connectivity index (χ3n) is 5.32. The maximum atomic E-state index is 6.31. The monoisotopic (exact) mass is 295 g/mol. The van der Waals surface area contributed by atoms with Crippen LogP contribution in [0.2, 0.25) is 0 Å². The van der Waals surface area contributed by atoms with Crippen molar-refractivity contribution in [2.24, 2.45) is 0 Å². The molecule has 0 N–H and O–H groups in total. The average molecular weight is 295 g/mol. The lowest BCUT2D eigenvalue weighted by molar-refractivity contribution is 0.00578. The number of hydrogen-bond donors (Lipinski definition) is 0. The number of aromatic nitrogens is 1. The number of benzene rings is 1. The summed E-state index contributed by atoms with van der Waals surface area (Å²) in [6.45, 7) is 8.40. The third kappa shape index (κ3) is 2.09. The molecule has 3 nitrogen and oxygen atoms in total. The molecule has 1 saturated heterocycles. The Kier molecular flexibility index (Phi) is 2.95. The molecule has 4 heteroatoms. The highest BCUT2D eigenvalue weighted by Crippen LogP contribution is 2.41. The Hall–Kier alpha value is -1.39. The molecule has 1 aromatic heterocycles. The summed E-state index contributed by atoms with van der Waals surface area (Å²) in [7, 11) is -0.334. The Bertz CT molecular complexity index is 721. The summed E-state index contributed by atoms with van der Waals surface area (Å²) in [4.78, 5) is 4.75. The summed E-state index contributed by atoms with van der Waals surface area (Å²) in [5.74, 6) is 0.568. The second-order valence-corrected chi connectivity index (χ2v) is 7.51. The van der Waals surface area contributed by atoms with E-state index in [0.717, 1.165) is 16.5 Å². The summed E-state index contributed by atoms with van der Waals surface area (Å²) in [6.07, 6.45) is 4.42. The number of rotatable bonds is 2. The van der Waals surface area contributed by atoms with Gasteiger partial charge in [-0.3, -0.25) is 4.98 Å². The lowest BCUT2D eigenvalue weighted by Gasteiger charge is -2.32. The lowest BCUT2D eigenvalue weighted by atomic mass is 9.74. The topological polar surface area (TPSA) is 31.4 Å². The molecule has 0 radical (unpaired) electrons. The number of hydrogen-bond acceptors (Lipinski definition) is 3. The Morgan fingerprint density at radius 2 is 1.68 bits per heavy atom. The van der Waals surface area contributed by atoms with Gasteiger partial charge < -0.3 is 9.31 Å². The minimum atomic E-state index is -0.334. The smallest absolute Gasteiger partial charge is 0.399 e. The summed E-state index contributed by atoms with van der Waals surface area (Å²) >= 11 is 0. The molecule has 2 aromatic rings. The molecule has 1 aliphatic carbocycles. The van der Waals surface area contributed by atoms with Crippen molar-refractivity contribution >= 4 is 23.4 Å². The van der Waals surface area contributed by atoms with Crippen LogP contribution in [-0.2, 0) is 9.31 Å². The first kappa shape index (κ1) is 14.2. The molecule has 0 bridgehead atoms. The summed E-state index contributed by atoms with van der Waals surface area (Å²) in [5, 5.41) is 2.36. The van der Waals surface area contributed by atoms with Crippen LogP contribution in [0.15, 0.2) is 30.5 Å². The maximum Gasteiger partial charge on any atom is 0.497 e. The van der Waals surface area contributed by atoms with Gasteiger partial charge in [-0.15, -0.1) is 0 Å². The molecule has 0 atom stereocenters. The number of nitrogens with zero attached hydrogens (tertiary/aromatic N) is 1. The van der Waals surface area contributed by atoms with Gasteiger partial charge in [0.2, 0.25) is 0 Å². The molecule has 0 unspecified atom stereocenters. The van der Waals surface area contributed by atoms with E-state index in [0.29, 0.717) is 5.92 Å². The van der Waals surface area contributed by atoms with Gasteiger partial charge in [-0.05, 0) is 51.3 Å². The zero-order valence-electron chi connectivity index (χ0n) is 13.7. The molecular formula is C18H22BNO2. The summed E-state index contributed by atoms with van der Waals surface area (Å²) in [5.41, 5.74) is 1.65. The summed E-state index contributed by atoms with van der Waals surface area (Å²) < 4.78 is 12.6. The van der Waals surface area contributed by atoms with Gasteiger partial charge in [0.1, 0.15) is 0 Å². The Morgan fingerprint density at radius 3 is 2.32 bits per heavy atom. The van der Waals surface area contributed by atoms with E-state index >= 15 is 0 Å². The Balaban J connectivity index is 1.89. The predicted molar refractivity (Wildman–Crippen MR) is 89.4 cm³/mol. The van der Waals surface area contributed by atoms with Gasteiger partial charge in [-0.1, -0.05) is 24.3 Å². The minimum absolute atomic E-state index is 0.324. The quantitative estimate of drug-likeness (QED) is 0.796. The van der Waals surface area contributed by atoms with Gasteiger partial charge >= 0.3 is 7.12 Å². The van der Waals surface area contributed by atoms with E-state index in [1.165, 1.54) is 18.2 Å². The predicted octanol–water partition coefficient (Wildman–Crippen LogP) is 3.41. The summed E-state index contributed by atoms with van der Waals surface area (Å²) in [6, 6.07) is 8.39. The van der Waals surface area contributed by atoms with Crippen molar-refractivity contribution in [2.75, 3.05) is 0 Å². The number of fused-ring (bicyclic) bond motifs is 1. The minimum Gasteiger partial charge on any atom is -0.399 e. The van der Waals surface area contributed by atoms with Gasteiger partial charge in [0.05, 0.1) is 11.2 Å². The van der Waals surface area contributed by atoms with E-state index in [2.05, 4.69) is 52.0 Å². The molecule has 1 saturated carbocycles. The van der Waals surface area contributed by atoms with Gasteiger partial charge in [0, 0.05) is 23.3 Å². The highest BCUT2D eigenvalue weighted by atomic mass is 16.7. The first-order valence-corrected chi connectivity index (χ1v) is 8.12. The third-order valence-corrected chi connectivity index (χ3v) is 5.32. The van der Waals surface area contributed by atoms with Crippen molar-refractivity contribution in [2.45, 2.75) is 57.7 Å². The van der Waals surface area contributed by atoms with E-state index < -0.39 is 0 Å². The highest BCUT2D eigenvalue weighted by Gasteiger charge is 2.53. The Morgan fingerprint density at radius 1 is 1.05 bits per heavy atom. The fourth-order valence-corrected chi connectivity index (χ4v) is 3.09. The van der Waals surface area contributed by atoms with Crippen molar-refractivity contribution in [1.82, 2.24) is 4.98 Å². The van der Waals surface area contributed by atoms with Crippen LogP contribution >= 0.6 is 0 Å². The van der Waals surface area contributed by atoms with Crippen molar-refractivity contribution in [3.8, 4) is 0 Å². The zero-order chi connectivity index (χ0) is 15.5. The highest BCUT2D eigenvalue weighted by molar-refractivity contribution is 6.65. The van der Waals surface area contributed by atoms with Crippen LogP contribution in [0.25, 0.3) is 10.8 Å². The van der Waals surface area contributed by atoms with Crippen LogP contribution < -0.4 is 5.46 Å². The van der Waals surface area contributed by atoms with E-state index in [1.54, 1.807) is 0 Å². The largest absolute Gasteiger partial charge is 0.497 e. The second-order valence-electron chi connectivity index (χ2n) is 7.51. The van der Waals surface area contributed by atoms with Crippen LogP contribution in [-0.4, -0.2) is 23.3 Å². The standard InChI is InChI=1S/C18H22BNO2/c1-17(2)18(3,4)22-19(21-17)15-14-8-6-5-7-13(14)11-20-16(15)12-9-10-12/h5-8,11-12H,9-10H2,1-4H3. The van der Waals surface area contributed by atoms with Crippen LogP contribution in [0.5, 0.6) is 0 Å². The van der Waals surface area contributed by atoms with Crippen LogP contribution in [0.3, 0.4) is 0 Å². The molecule has 2 fully saturated rings. The van der Waals surface area contributed by atoms with E-state index in [1.807, 2.05) is 6.20 Å². The van der Waals surface area contributed by atoms with E-state index in [4.69, 9.17) is 14.3 Å². The second kappa shape index (κ2) is 4.56. The average Bonchev–Trinajstić information content (AvgIpc) is 3.26. The van der Waals surface area contributed by atoms with Gasteiger partial charge in [0.15, 0.2) is 0 Å². The van der Waals surface area contributed by atoms with Crippen LogP contribution in [0, 0.1) is 0 Å². The fourth-order valence-electron chi connectivity index (χ4n) is 3.09. The van der Waals surface area contributed by atoms with Crippen molar-refractivity contribution < 1.29 is 9.31 Å². The van der Waals surface area contributed by atoms with Crippen LogP contribution in [0.1, 0.15) is 52.1 Å². The molecule has 1 aliphatic heterocycles. The van der Waals surface area contributed by atoms with E-state index in [9.17, 15) is 0 Å². The Labute approximate surface area is 132 Å². The van der Waals surface area contributed by atoms with Crippen molar-refractivity contribution in [3.63, 3.8) is 0 Å².